The summed E-state index contributed by atoms with van der Waals surface area (Å²) < 4.78 is 0. The molecule has 4 heteroatoms. The standard InChI is InChI=1S/C11H18BNO2.2CH4/c1-3-8-13(2)9-10-6-4-5-7-11(10)12(14)15;;/h4-7,14-15H,3,8-9H2,1-2H3;2*1H4. The van der Waals surface area contributed by atoms with E-state index < -0.39 is 7.12 Å². The molecule has 17 heavy (non-hydrogen) atoms. The second-order valence-corrected chi connectivity index (χ2v) is 3.81. The van der Waals surface area contributed by atoms with Gasteiger partial charge in [-0.25, -0.2) is 0 Å². The molecular weight excluding hydrogens is 213 g/mol. The first-order valence-electron chi connectivity index (χ1n) is 5.27. The average molecular weight is 239 g/mol. The maximum atomic E-state index is 9.18. The van der Waals surface area contributed by atoms with Crippen molar-refractivity contribution in [2.75, 3.05) is 13.6 Å². The van der Waals surface area contributed by atoms with Crippen LogP contribution in [0.25, 0.3) is 0 Å². The first-order valence-corrected chi connectivity index (χ1v) is 5.27. The predicted octanol–water partition coefficient (Wildman–Crippen LogP) is 1.48. The molecule has 0 spiro atoms. The summed E-state index contributed by atoms with van der Waals surface area (Å²) in [4.78, 5) is 2.17. The molecule has 0 fully saturated rings. The van der Waals surface area contributed by atoms with Crippen LogP contribution in [0.3, 0.4) is 0 Å². The normalized spacial score (nSPS) is 9.47. The molecule has 0 bridgehead atoms. The Morgan fingerprint density at radius 3 is 2.29 bits per heavy atom. The SMILES string of the molecule is C.C.CCCN(C)Cc1ccccc1B(O)O. The Morgan fingerprint density at radius 2 is 1.76 bits per heavy atom. The van der Waals surface area contributed by atoms with E-state index in [-0.39, 0.29) is 14.9 Å². The molecule has 98 valence electrons. The number of hydrogen-bond donors (Lipinski definition) is 2. The van der Waals surface area contributed by atoms with Crippen LogP contribution in [0, 0.1) is 0 Å². The van der Waals surface area contributed by atoms with Crippen LogP contribution in [0.4, 0.5) is 0 Å². The van der Waals surface area contributed by atoms with Crippen molar-refractivity contribution in [2.24, 2.45) is 0 Å². The van der Waals surface area contributed by atoms with Crippen molar-refractivity contribution in [3.05, 3.63) is 29.8 Å². The van der Waals surface area contributed by atoms with Crippen LogP contribution in [-0.2, 0) is 6.54 Å². The summed E-state index contributed by atoms with van der Waals surface area (Å²) in [6, 6.07) is 7.42. The second kappa shape index (κ2) is 9.22. The third-order valence-electron chi connectivity index (χ3n) is 2.38. The summed E-state index contributed by atoms with van der Waals surface area (Å²) >= 11 is 0. The van der Waals surface area contributed by atoms with E-state index in [0.717, 1.165) is 25.1 Å². The van der Waals surface area contributed by atoms with Gasteiger partial charge in [0.1, 0.15) is 0 Å². The van der Waals surface area contributed by atoms with Gasteiger partial charge in [0, 0.05) is 6.54 Å². The largest absolute Gasteiger partial charge is 0.488 e. The van der Waals surface area contributed by atoms with Gasteiger partial charge in [-0.05, 0) is 31.0 Å². The van der Waals surface area contributed by atoms with Crippen LogP contribution in [0.2, 0.25) is 0 Å². The van der Waals surface area contributed by atoms with Gasteiger partial charge in [0.25, 0.3) is 0 Å². The lowest BCUT2D eigenvalue weighted by molar-refractivity contribution is 0.327. The van der Waals surface area contributed by atoms with Crippen molar-refractivity contribution in [2.45, 2.75) is 34.7 Å². The minimum atomic E-state index is -1.38. The van der Waals surface area contributed by atoms with E-state index in [2.05, 4.69) is 11.8 Å². The van der Waals surface area contributed by atoms with Gasteiger partial charge in [-0.3, -0.25) is 0 Å². The lowest BCUT2D eigenvalue weighted by Gasteiger charge is -2.17. The number of nitrogens with zero attached hydrogens (tertiary/aromatic N) is 1. The first-order chi connectivity index (χ1) is 7.15. The van der Waals surface area contributed by atoms with Crippen LogP contribution >= 0.6 is 0 Å². The first kappa shape index (κ1) is 18.5. The number of benzene rings is 1. The van der Waals surface area contributed by atoms with Gasteiger partial charge < -0.3 is 14.9 Å². The highest BCUT2D eigenvalue weighted by Gasteiger charge is 2.15. The van der Waals surface area contributed by atoms with Crippen LogP contribution in [0.1, 0.15) is 33.8 Å². The lowest BCUT2D eigenvalue weighted by atomic mass is 9.77. The summed E-state index contributed by atoms with van der Waals surface area (Å²) in [5.41, 5.74) is 1.57. The predicted molar refractivity (Wildman–Crippen MR) is 76.4 cm³/mol. The third-order valence-corrected chi connectivity index (χ3v) is 2.38. The highest BCUT2D eigenvalue weighted by molar-refractivity contribution is 6.59. The molecule has 0 radical (unpaired) electrons. The summed E-state index contributed by atoms with van der Waals surface area (Å²) in [5.74, 6) is 0. The zero-order chi connectivity index (χ0) is 11.3. The van der Waals surface area contributed by atoms with E-state index in [0.29, 0.717) is 5.46 Å². The topological polar surface area (TPSA) is 43.7 Å². The average Bonchev–Trinajstić information content (AvgIpc) is 2.18. The summed E-state index contributed by atoms with van der Waals surface area (Å²) in [6.45, 7) is 3.89. The van der Waals surface area contributed by atoms with E-state index in [1.54, 1.807) is 6.07 Å². The van der Waals surface area contributed by atoms with E-state index in [9.17, 15) is 10.0 Å². The zero-order valence-corrected chi connectivity index (χ0v) is 9.35. The van der Waals surface area contributed by atoms with Gasteiger partial charge in [0.2, 0.25) is 0 Å². The van der Waals surface area contributed by atoms with Crippen molar-refractivity contribution in [3.8, 4) is 0 Å². The van der Waals surface area contributed by atoms with Crippen LogP contribution in [0.5, 0.6) is 0 Å². The van der Waals surface area contributed by atoms with Gasteiger partial charge in [-0.1, -0.05) is 46.0 Å². The van der Waals surface area contributed by atoms with E-state index in [1.165, 1.54) is 0 Å². The monoisotopic (exact) mass is 239 g/mol. The minimum Gasteiger partial charge on any atom is -0.423 e. The maximum Gasteiger partial charge on any atom is 0.488 e. The molecule has 0 aliphatic rings. The Balaban J connectivity index is 0. The molecule has 0 aliphatic carbocycles. The second-order valence-electron chi connectivity index (χ2n) is 3.81. The molecular formula is C13H26BNO2. The third kappa shape index (κ3) is 5.87. The molecule has 2 N–H and O–H groups in total. The molecule has 1 rings (SSSR count). The fraction of sp³-hybridized carbons (Fsp3) is 0.538. The van der Waals surface area contributed by atoms with Crippen molar-refractivity contribution >= 4 is 12.6 Å². The van der Waals surface area contributed by atoms with Crippen molar-refractivity contribution < 1.29 is 10.0 Å². The molecule has 3 nitrogen and oxygen atoms in total. The molecule has 0 saturated carbocycles. The van der Waals surface area contributed by atoms with Crippen molar-refractivity contribution in [1.82, 2.24) is 4.90 Å². The van der Waals surface area contributed by atoms with Crippen LogP contribution in [0.15, 0.2) is 24.3 Å². The molecule has 1 aromatic rings. The highest BCUT2D eigenvalue weighted by atomic mass is 16.4. The highest BCUT2D eigenvalue weighted by Crippen LogP contribution is 2.01. The Bertz CT molecular complexity index is 305. The Hall–Kier alpha value is -0.835. The van der Waals surface area contributed by atoms with E-state index in [1.807, 2.05) is 25.2 Å². The fourth-order valence-corrected chi connectivity index (χ4v) is 1.68. The minimum absolute atomic E-state index is 0. The molecule has 0 atom stereocenters. The summed E-state index contributed by atoms with van der Waals surface area (Å²) in [7, 11) is 0.653. The van der Waals surface area contributed by atoms with Gasteiger partial charge in [0.05, 0.1) is 0 Å². The molecule has 0 aliphatic heterocycles. The Labute approximate surface area is 106 Å². The number of hydrogen-bond acceptors (Lipinski definition) is 3. The fourth-order valence-electron chi connectivity index (χ4n) is 1.68. The Kier molecular flexibility index (Phi) is 10.1. The zero-order valence-electron chi connectivity index (χ0n) is 9.35. The number of rotatable bonds is 5. The maximum absolute atomic E-state index is 9.18. The summed E-state index contributed by atoms with van der Waals surface area (Å²) in [5, 5.41) is 18.4. The molecule has 0 aromatic heterocycles. The van der Waals surface area contributed by atoms with Crippen LogP contribution in [-0.4, -0.2) is 35.7 Å². The smallest absolute Gasteiger partial charge is 0.423 e. The quantitative estimate of drug-likeness (QED) is 0.765. The molecule has 0 heterocycles. The van der Waals surface area contributed by atoms with Gasteiger partial charge in [-0.2, -0.15) is 0 Å². The van der Waals surface area contributed by atoms with Gasteiger partial charge in [0.15, 0.2) is 0 Å². The molecule has 1 aromatic carbocycles. The molecule has 0 amide bonds. The van der Waals surface area contributed by atoms with E-state index >= 15 is 0 Å². The van der Waals surface area contributed by atoms with Crippen molar-refractivity contribution in [3.63, 3.8) is 0 Å². The molecule has 0 saturated heterocycles. The lowest BCUT2D eigenvalue weighted by Crippen LogP contribution is -2.35. The molecule has 0 unspecified atom stereocenters. The van der Waals surface area contributed by atoms with Gasteiger partial charge in [-0.15, -0.1) is 0 Å². The van der Waals surface area contributed by atoms with Crippen LogP contribution < -0.4 is 5.46 Å². The van der Waals surface area contributed by atoms with E-state index in [4.69, 9.17) is 0 Å². The summed E-state index contributed by atoms with van der Waals surface area (Å²) in [6.07, 6.45) is 1.10. The Morgan fingerprint density at radius 1 is 1.18 bits per heavy atom. The van der Waals surface area contributed by atoms with Gasteiger partial charge >= 0.3 is 7.12 Å². The van der Waals surface area contributed by atoms with Crippen molar-refractivity contribution in [1.29, 1.82) is 0 Å².